The molecule has 2 unspecified atom stereocenters. The topological polar surface area (TPSA) is 57.6 Å². The summed E-state index contributed by atoms with van der Waals surface area (Å²) in [7, 11) is 1.72. The Morgan fingerprint density at radius 3 is 2.75 bits per heavy atom. The second kappa shape index (κ2) is 6.07. The minimum absolute atomic E-state index is 0.0321. The number of carboxylic acids is 1. The van der Waals surface area contributed by atoms with Crippen LogP contribution in [0.1, 0.15) is 43.4 Å². The SMILES string of the molecule is CCc1ccccc1C1C(C(=O)O)CCCC(=O)N1C. The average Bonchev–Trinajstić information content (AvgIpc) is 2.59. The van der Waals surface area contributed by atoms with E-state index in [9.17, 15) is 14.7 Å². The maximum Gasteiger partial charge on any atom is 0.308 e. The van der Waals surface area contributed by atoms with Crippen molar-refractivity contribution in [1.82, 2.24) is 4.90 Å². The molecule has 1 amide bonds. The van der Waals surface area contributed by atoms with Crippen LogP contribution in [0.3, 0.4) is 0 Å². The molecule has 0 radical (unpaired) electrons. The highest BCUT2D eigenvalue weighted by molar-refractivity contribution is 5.79. The van der Waals surface area contributed by atoms with Gasteiger partial charge in [0.25, 0.3) is 0 Å². The molecule has 1 saturated heterocycles. The van der Waals surface area contributed by atoms with Crippen LogP contribution in [0.2, 0.25) is 0 Å². The summed E-state index contributed by atoms with van der Waals surface area (Å²) < 4.78 is 0. The molecule has 1 N–H and O–H groups in total. The molecule has 0 aromatic heterocycles. The Bertz CT molecular complexity index is 512. The van der Waals surface area contributed by atoms with E-state index in [0.29, 0.717) is 19.3 Å². The standard InChI is InChI=1S/C16H21NO3/c1-3-11-7-4-5-8-12(11)15-13(16(19)20)9-6-10-14(18)17(15)2/h4-5,7-8,13,15H,3,6,9-10H2,1-2H3,(H,19,20). The molecule has 4 nitrogen and oxygen atoms in total. The van der Waals surface area contributed by atoms with Gasteiger partial charge in [0.05, 0.1) is 12.0 Å². The summed E-state index contributed by atoms with van der Waals surface area (Å²) in [6.07, 6.45) is 2.46. The van der Waals surface area contributed by atoms with Gasteiger partial charge in [0.15, 0.2) is 0 Å². The third kappa shape index (κ3) is 2.69. The lowest BCUT2D eigenvalue weighted by Crippen LogP contribution is -2.36. The van der Waals surface area contributed by atoms with E-state index in [-0.39, 0.29) is 11.9 Å². The summed E-state index contributed by atoms with van der Waals surface area (Å²) in [6, 6.07) is 7.47. The molecular formula is C16H21NO3. The van der Waals surface area contributed by atoms with Crippen molar-refractivity contribution in [3.05, 3.63) is 35.4 Å². The lowest BCUT2D eigenvalue weighted by Gasteiger charge is -2.32. The fraction of sp³-hybridized carbons (Fsp3) is 0.500. The number of carbonyl (C=O) groups is 2. The zero-order valence-electron chi connectivity index (χ0n) is 12.0. The number of aliphatic carboxylic acids is 1. The van der Waals surface area contributed by atoms with Gasteiger partial charge in [-0.15, -0.1) is 0 Å². The van der Waals surface area contributed by atoms with Gasteiger partial charge in [-0.05, 0) is 30.4 Å². The van der Waals surface area contributed by atoms with Gasteiger partial charge in [-0.25, -0.2) is 0 Å². The number of likely N-dealkylation sites (tertiary alicyclic amines) is 1. The van der Waals surface area contributed by atoms with Crippen molar-refractivity contribution in [3.63, 3.8) is 0 Å². The zero-order chi connectivity index (χ0) is 14.7. The summed E-state index contributed by atoms with van der Waals surface area (Å²) >= 11 is 0. The molecule has 0 saturated carbocycles. The first-order valence-corrected chi connectivity index (χ1v) is 7.12. The Labute approximate surface area is 119 Å². The van der Waals surface area contributed by atoms with Crippen LogP contribution in [0.5, 0.6) is 0 Å². The van der Waals surface area contributed by atoms with Gasteiger partial charge in [0, 0.05) is 13.5 Å². The molecule has 0 spiro atoms. The fourth-order valence-corrected chi connectivity index (χ4v) is 3.06. The van der Waals surface area contributed by atoms with Crippen molar-refractivity contribution in [2.24, 2.45) is 5.92 Å². The van der Waals surface area contributed by atoms with E-state index in [1.165, 1.54) is 0 Å². The van der Waals surface area contributed by atoms with Crippen molar-refractivity contribution in [1.29, 1.82) is 0 Å². The number of carbonyl (C=O) groups excluding carboxylic acids is 1. The molecule has 0 aliphatic carbocycles. The van der Waals surface area contributed by atoms with Gasteiger partial charge in [0.1, 0.15) is 0 Å². The largest absolute Gasteiger partial charge is 0.481 e. The zero-order valence-corrected chi connectivity index (χ0v) is 12.0. The van der Waals surface area contributed by atoms with Crippen LogP contribution in [0, 0.1) is 5.92 Å². The van der Waals surface area contributed by atoms with E-state index in [1.807, 2.05) is 31.2 Å². The summed E-state index contributed by atoms with van der Waals surface area (Å²) in [6.45, 7) is 2.05. The Morgan fingerprint density at radius 1 is 1.40 bits per heavy atom. The lowest BCUT2D eigenvalue weighted by atomic mass is 9.86. The van der Waals surface area contributed by atoms with Crippen LogP contribution >= 0.6 is 0 Å². The van der Waals surface area contributed by atoms with Crippen LogP contribution < -0.4 is 0 Å². The summed E-state index contributed by atoms with van der Waals surface area (Å²) in [5, 5.41) is 9.52. The quantitative estimate of drug-likeness (QED) is 0.922. The van der Waals surface area contributed by atoms with Crippen LogP contribution in [0.15, 0.2) is 24.3 Å². The Balaban J connectivity index is 2.50. The second-order valence-electron chi connectivity index (χ2n) is 5.34. The summed E-state index contributed by atoms with van der Waals surface area (Å²) in [5.74, 6) is -1.31. The van der Waals surface area contributed by atoms with Gasteiger partial charge >= 0.3 is 5.97 Å². The monoisotopic (exact) mass is 275 g/mol. The van der Waals surface area contributed by atoms with Gasteiger partial charge in [-0.1, -0.05) is 31.2 Å². The minimum Gasteiger partial charge on any atom is -0.481 e. The number of rotatable bonds is 3. The first-order valence-electron chi connectivity index (χ1n) is 7.12. The molecule has 2 atom stereocenters. The molecule has 1 aliphatic rings. The van der Waals surface area contributed by atoms with Gasteiger partial charge in [0.2, 0.25) is 5.91 Å². The van der Waals surface area contributed by atoms with E-state index in [0.717, 1.165) is 17.5 Å². The molecule has 1 fully saturated rings. The van der Waals surface area contributed by atoms with Gasteiger partial charge in [-0.2, -0.15) is 0 Å². The minimum atomic E-state index is -0.817. The molecule has 4 heteroatoms. The molecule has 2 rings (SSSR count). The number of aryl methyl sites for hydroxylation is 1. The molecule has 1 aliphatic heterocycles. The number of carboxylic acid groups (broad SMARTS) is 1. The summed E-state index contributed by atoms with van der Waals surface area (Å²) in [5.41, 5.74) is 2.09. The Kier molecular flexibility index (Phi) is 4.42. The number of nitrogens with zero attached hydrogens (tertiary/aromatic N) is 1. The highest BCUT2D eigenvalue weighted by Crippen LogP contribution is 2.36. The van der Waals surface area contributed by atoms with Crippen molar-refractivity contribution < 1.29 is 14.7 Å². The Morgan fingerprint density at radius 2 is 2.10 bits per heavy atom. The van der Waals surface area contributed by atoms with Gasteiger partial charge in [-0.3, -0.25) is 9.59 Å². The highest BCUT2D eigenvalue weighted by atomic mass is 16.4. The number of benzene rings is 1. The summed E-state index contributed by atoms with van der Waals surface area (Å²) in [4.78, 5) is 25.3. The average molecular weight is 275 g/mol. The third-order valence-corrected chi connectivity index (χ3v) is 4.17. The molecule has 1 aromatic rings. The molecular weight excluding hydrogens is 254 g/mol. The maximum atomic E-state index is 12.1. The van der Waals surface area contributed by atoms with Crippen LogP contribution in [-0.2, 0) is 16.0 Å². The predicted molar refractivity (Wildman–Crippen MR) is 76.3 cm³/mol. The third-order valence-electron chi connectivity index (χ3n) is 4.17. The highest BCUT2D eigenvalue weighted by Gasteiger charge is 2.37. The first kappa shape index (κ1) is 14.6. The normalized spacial score (nSPS) is 23.5. The van der Waals surface area contributed by atoms with Crippen LogP contribution in [0.25, 0.3) is 0 Å². The van der Waals surface area contributed by atoms with E-state index in [4.69, 9.17) is 0 Å². The maximum absolute atomic E-state index is 12.1. The first-order chi connectivity index (χ1) is 9.56. The Hall–Kier alpha value is -1.84. The predicted octanol–water partition coefficient (Wildman–Crippen LogP) is 2.63. The molecule has 0 bridgehead atoms. The molecule has 20 heavy (non-hydrogen) atoms. The number of hydrogen-bond acceptors (Lipinski definition) is 2. The van der Waals surface area contributed by atoms with Crippen molar-refractivity contribution in [2.75, 3.05) is 7.05 Å². The second-order valence-corrected chi connectivity index (χ2v) is 5.34. The number of amides is 1. The fourth-order valence-electron chi connectivity index (χ4n) is 3.06. The molecule has 108 valence electrons. The van der Waals surface area contributed by atoms with Crippen molar-refractivity contribution >= 4 is 11.9 Å². The molecule has 1 heterocycles. The van der Waals surface area contributed by atoms with E-state index < -0.39 is 11.9 Å². The smallest absolute Gasteiger partial charge is 0.308 e. The van der Waals surface area contributed by atoms with Crippen molar-refractivity contribution in [3.8, 4) is 0 Å². The van der Waals surface area contributed by atoms with Gasteiger partial charge < -0.3 is 10.0 Å². The van der Waals surface area contributed by atoms with E-state index >= 15 is 0 Å². The van der Waals surface area contributed by atoms with E-state index in [2.05, 4.69) is 0 Å². The molecule has 1 aromatic carbocycles. The van der Waals surface area contributed by atoms with E-state index in [1.54, 1.807) is 11.9 Å². The lowest BCUT2D eigenvalue weighted by molar-refractivity contribution is -0.145. The van der Waals surface area contributed by atoms with Crippen LogP contribution in [-0.4, -0.2) is 28.9 Å². The number of hydrogen-bond donors (Lipinski definition) is 1. The van der Waals surface area contributed by atoms with Crippen LogP contribution in [0.4, 0.5) is 0 Å². The van der Waals surface area contributed by atoms with Crippen molar-refractivity contribution in [2.45, 2.75) is 38.6 Å².